The lowest BCUT2D eigenvalue weighted by molar-refractivity contribution is -0.219. The first-order chi connectivity index (χ1) is 20.9. The van der Waals surface area contributed by atoms with Crippen LogP contribution in [0.15, 0.2) is 47.6 Å². The number of rotatable bonds is 4. The van der Waals surface area contributed by atoms with E-state index in [9.17, 15) is 10.0 Å². The summed E-state index contributed by atoms with van der Waals surface area (Å²) in [6, 6.07) is 8.16. The molecule has 9 atom stereocenters. The zero-order valence-corrected chi connectivity index (χ0v) is 29.6. The van der Waals surface area contributed by atoms with Crippen LogP contribution in [0.3, 0.4) is 0 Å². The molecule has 5 aliphatic rings. The third kappa shape index (κ3) is 4.73. The molecule has 0 bridgehead atoms. The number of oxime groups is 1. The van der Waals surface area contributed by atoms with Gasteiger partial charge in [0.05, 0.1) is 11.8 Å². The summed E-state index contributed by atoms with van der Waals surface area (Å²) in [5, 5.41) is 13.5. The highest BCUT2D eigenvalue weighted by Gasteiger charge is 2.70. The maximum absolute atomic E-state index is 12.7. The van der Waals surface area contributed by atoms with Gasteiger partial charge in [-0.15, -0.1) is 5.16 Å². The largest absolute Gasteiger partial charge is 0.456 e. The van der Waals surface area contributed by atoms with Crippen LogP contribution in [-0.4, -0.2) is 23.0 Å². The Kier molecular flexibility index (Phi) is 7.66. The number of hydrogen-bond acceptors (Lipinski definition) is 4. The maximum atomic E-state index is 12.7. The number of carbonyl (C=O) groups is 1. The summed E-state index contributed by atoms with van der Waals surface area (Å²) in [5.74, 6) is 2.73. The minimum Gasteiger partial charge on any atom is -0.456 e. The fourth-order valence-corrected chi connectivity index (χ4v) is 12.8. The van der Waals surface area contributed by atoms with E-state index in [0.29, 0.717) is 35.2 Å². The number of fused-ring (bicyclic) bond motifs is 7. The van der Waals surface area contributed by atoms with Crippen LogP contribution in [0.4, 0.5) is 0 Å². The van der Waals surface area contributed by atoms with Crippen molar-refractivity contribution in [2.45, 2.75) is 126 Å². The van der Waals surface area contributed by atoms with Crippen LogP contribution in [0.5, 0.6) is 0 Å². The summed E-state index contributed by atoms with van der Waals surface area (Å²) < 4.78 is 5.62. The monoisotopic (exact) mass is 613 g/mol. The molecule has 4 saturated carbocycles. The van der Waals surface area contributed by atoms with E-state index in [1.807, 2.05) is 39.1 Å². The van der Waals surface area contributed by atoms with E-state index in [1.54, 1.807) is 0 Å². The van der Waals surface area contributed by atoms with Crippen LogP contribution in [0.1, 0.15) is 136 Å². The summed E-state index contributed by atoms with van der Waals surface area (Å²) >= 11 is 0. The Hall–Kier alpha value is -2.36. The van der Waals surface area contributed by atoms with Crippen molar-refractivity contribution in [3.63, 3.8) is 0 Å². The number of nitrogens with zero attached hydrogens (tertiary/aromatic N) is 1. The van der Waals surface area contributed by atoms with E-state index in [4.69, 9.17) is 4.74 Å². The van der Waals surface area contributed by atoms with E-state index >= 15 is 0 Å². The Balaban J connectivity index is 1.31. The number of allylic oxidation sites excluding steroid dienone is 3. The van der Waals surface area contributed by atoms with Crippen molar-refractivity contribution in [1.29, 1.82) is 0 Å². The molecule has 0 saturated heterocycles. The van der Waals surface area contributed by atoms with Gasteiger partial charge in [-0.2, -0.15) is 0 Å². The average Bonchev–Trinajstić information content (AvgIpc) is 3.32. The molecular formula is C41H59NO3. The molecule has 0 amide bonds. The smallest absolute Gasteiger partial charge is 0.338 e. The van der Waals surface area contributed by atoms with Crippen LogP contribution in [0.25, 0.3) is 5.57 Å². The highest BCUT2D eigenvalue weighted by molar-refractivity contribution is 5.90. The van der Waals surface area contributed by atoms with E-state index in [-0.39, 0.29) is 33.0 Å². The lowest BCUT2D eigenvalue weighted by Crippen LogP contribution is -2.65. The van der Waals surface area contributed by atoms with Gasteiger partial charge in [-0.1, -0.05) is 65.0 Å². The van der Waals surface area contributed by atoms with E-state index in [2.05, 4.69) is 71.5 Å². The molecule has 0 unspecified atom stereocenters. The van der Waals surface area contributed by atoms with Crippen molar-refractivity contribution in [3.8, 4) is 0 Å². The molecule has 4 heteroatoms. The Bertz CT molecular complexity index is 1410. The van der Waals surface area contributed by atoms with Crippen molar-refractivity contribution in [2.75, 3.05) is 0 Å². The molecule has 1 N–H and O–H groups in total. The zero-order valence-electron chi connectivity index (χ0n) is 29.6. The molecule has 0 heterocycles. The molecule has 1 aromatic rings. The molecule has 4 nitrogen and oxygen atoms in total. The third-order valence-electron chi connectivity index (χ3n) is 14.9. The van der Waals surface area contributed by atoms with Crippen LogP contribution in [0, 0.1) is 56.7 Å². The second-order valence-electron chi connectivity index (χ2n) is 18.3. The van der Waals surface area contributed by atoms with Crippen LogP contribution in [-0.2, 0) is 4.74 Å². The molecule has 0 aromatic heterocycles. The number of ether oxygens (including phenoxy) is 1. The first-order valence-corrected chi connectivity index (χ1v) is 17.8. The van der Waals surface area contributed by atoms with Gasteiger partial charge in [0.1, 0.15) is 5.60 Å². The van der Waals surface area contributed by atoms with Gasteiger partial charge in [0.2, 0.25) is 0 Å². The topological polar surface area (TPSA) is 58.9 Å². The van der Waals surface area contributed by atoms with Gasteiger partial charge >= 0.3 is 5.97 Å². The van der Waals surface area contributed by atoms with Crippen molar-refractivity contribution < 1.29 is 14.7 Å². The second kappa shape index (κ2) is 10.6. The Morgan fingerprint density at radius 2 is 1.62 bits per heavy atom. The molecular weight excluding hydrogens is 554 g/mol. The van der Waals surface area contributed by atoms with Gasteiger partial charge in [-0.3, -0.25) is 0 Å². The summed E-state index contributed by atoms with van der Waals surface area (Å²) in [6.45, 7) is 25.4. The quantitative estimate of drug-likeness (QED) is 0.121. The summed E-state index contributed by atoms with van der Waals surface area (Å²) in [4.78, 5) is 12.7. The highest BCUT2D eigenvalue weighted by atomic mass is 16.6. The molecule has 45 heavy (non-hydrogen) atoms. The Morgan fingerprint density at radius 3 is 2.24 bits per heavy atom. The summed E-state index contributed by atoms with van der Waals surface area (Å²) in [7, 11) is 0. The maximum Gasteiger partial charge on any atom is 0.338 e. The molecule has 0 radical (unpaired) electrons. The molecule has 246 valence electrons. The van der Waals surface area contributed by atoms with Crippen molar-refractivity contribution in [2.24, 2.45) is 61.8 Å². The predicted molar refractivity (Wildman–Crippen MR) is 184 cm³/mol. The van der Waals surface area contributed by atoms with Gasteiger partial charge in [0.25, 0.3) is 0 Å². The van der Waals surface area contributed by atoms with Gasteiger partial charge in [-0.25, -0.2) is 4.79 Å². The predicted octanol–water partition coefficient (Wildman–Crippen LogP) is 10.8. The van der Waals surface area contributed by atoms with E-state index in [0.717, 1.165) is 19.3 Å². The van der Waals surface area contributed by atoms with Gasteiger partial charge in [-0.05, 0) is 160 Å². The first-order valence-electron chi connectivity index (χ1n) is 17.8. The first kappa shape index (κ1) is 32.6. The van der Waals surface area contributed by atoms with Gasteiger partial charge in [0, 0.05) is 5.41 Å². The summed E-state index contributed by atoms with van der Waals surface area (Å²) in [6.07, 6.45) is 15.4. The number of esters is 1. The van der Waals surface area contributed by atoms with E-state index in [1.165, 1.54) is 55.2 Å². The number of carbonyl (C=O) groups excluding carboxylic acids is 1. The van der Waals surface area contributed by atoms with E-state index < -0.39 is 5.60 Å². The van der Waals surface area contributed by atoms with Crippen LogP contribution in [0.2, 0.25) is 0 Å². The minimum absolute atomic E-state index is 0.0242. The standard InChI is InChI=1S/C41H59NO3/c1-26(2)29-17-22-41(25-42-44)24-23-39(9)31(34(29)41)15-16-33-38(8)20-18-30(37(6,7)32(38)19-21-40(33,39)10)27-11-13-28(14-12-27)35(43)45-36(3,4)5/h11-14,18,25,29,31-34,44H,1,15-17,19-24H2,2-10H3/b42-25-/t29-,31+,32-,33+,34+,38-,39+,40+,41+/m0/s1. The lowest BCUT2D eigenvalue weighted by atomic mass is 9.32. The zero-order chi connectivity index (χ0) is 32.8. The molecule has 5 aliphatic carbocycles. The summed E-state index contributed by atoms with van der Waals surface area (Å²) in [5.41, 5.74) is 4.96. The molecule has 4 fully saturated rings. The molecule has 0 aliphatic heterocycles. The van der Waals surface area contributed by atoms with Crippen LogP contribution >= 0.6 is 0 Å². The van der Waals surface area contributed by atoms with Crippen molar-refractivity contribution in [1.82, 2.24) is 0 Å². The van der Waals surface area contributed by atoms with Crippen molar-refractivity contribution in [3.05, 3.63) is 53.6 Å². The second-order valence-corrected chi connectivity index (χ2v) is 18.3. The SMILES string of the molecule is C=C(C)[C@@H]1CC[C@]2(/C=N\O)CC[C@]3(C)[C@H](CC[C@@H]4[C@@]5(C)CC=C(c6ccc(C(=O)OC(C)(C)C)cc6)C(C)(C)[C@@H]5CC[C@]43C)[C@@H]12. The Labute approximate surface area is 273 Å². The molecule has 0 spiro atoms. The molecule has 1 aromatic carbocycles. The normalized spacial score (nSPS) is 42.2. The number of hydrogen-bond donors (Lipinski definition) is 1. The fraction of sp³-hybridized carbons (Fsp3) is 0.707. The Morgan fingerprint density at radius 1 is 0.933 bits per heavy atom. The minimum atomic E-state index is -0.502. The fourth-order valence-electron chi connectivity index (χ4n) is 12.8. The van der Waals surface area contributed by atoms with Crippen molar-refractivity contribution >= 4 is 17.8 Å². The lowest BCUT2D eigenvalue weighted by Gasteiger charge is -2.72. The third-order valence-corrected chi connectivity index (χ3v) is 14.9. The highest BCUT2D eigenvalue weighted by Crippen LogP contribution is 2.77. The van der Waals surface area contributed by atoms with Gasteiger partial charge < -0.3 is 9.94 Å². The van der Waals surface area contributed by atoms with Crippen LogP contribution < -0.4 is 0 Å². The average molecular weight is 614 g/mol. The van der Waals surface area contributed by atoms with Gasteiger partial charge in [0.15, 0.2) is 0 Å². The molecule has 6 rings (SSSR count). The number of benzene rings is 1.